The van der Waals surface area contributed by atoms with Crippen LogP contribution < -0.4 is 5.76 Å². The number of ether oxygens (including phenoxy) is 1. The van der Waals surface area contributed by atoms with Crippen molar-refractivity contribution < 1.29 is 13.9 Å². The maximum Gasteiger partial charge on any atom is 0.434 e. The fourth-order valence-electron chi connectivity index (χ4n) is 2.05. The van der Waals surface area contributed by atoms with E-state index in [-0.39, 0.29) is 12.0 Å². The number of aromatic amines is 1. The van der Waals surface area contributed by atoms with Crippen molar-refractivity contribution in [3.8, 4) is 0 Å². The van der Waals surface area contributed by atoms with Crippen molar-refractivity contribution in [2.24, 2.45) is 0 Å². The Morgan fingerprint density at radius 1 is 1.42 bits per heavy atom. The van der Waals surface area contributed by atoms with E-state index >= 15 is 0 Å². The van der Waals surface area contributed by atoms with E-state index in [0.29, 0.717) is 31.8 Å². The summed E-state index contributed by atoms with van der Waals surface area (Å²) in [4.78, 5) is 24.4. The van der Waals surface area contributed by atoms with Crippen molar-refractivity contribution >= 4 is 6.09 Å². The SMILES string of the molecule is CC(C)(C)OC(=O)N1CCC(c2n[nH]c(=O)o2)CC1. The van der Waals surface area contributed by atoms with E-state index in [0.717, 1.165) is 0 Å². The van der Waals surface area contributed by atoms with Crippen LogP contribution in [0.25, 0.3) is 0 Å². The van der Waals surface area contributed by atoms with E-state index in [1.807, 2.05) is 20.8 Å². The third-order valence-corrected chi connectivity index (χ3v) is 2.95. The number of amides is 1. The highest BCUT2D eigenvalue weighted by Gasteiger charge is 2.29. The summed E-state index contributed by atoms with van der Waals surface area (Å²) in [5, 5.41) is 6.08. The van der Waals surface area contributed by atoms with Crippen LogP contribution in [0.4, 0.5) is 4.79 Å². The van der Waals surface area contributed by atoms with Gasteiger partial charge in [-0.3, -0.25) is 0 Å². The largest absolute Gasteiger partial charge is 0.444 e. The van der Waals surface area contributed by atoms with Crippen molar-refractivity contribution in [2.75, 3.05) is 13.1 Å². The molecule has 1 amide bonds. The number of hydrogen-bond acceptors (Lipinski definition) is 5. The summed E-state index contributed by atoms with van der Waals surface area (Å²) in [5.74, 6) is -0.0314. The van der Waals surface area contributed by atoms with Crippen molar-refractivity contribution in [3.05, 3.63) is 16.4 Å². The predicted molar refractivity (Wildman–Crippen MR) is 66.9 cm³/mol. The molecule has 1 aromatic heterocycles. The van der Waals surface area contributed by atoms with Crippen LogP contribution in [-0.4, -0.2) is 39.9 Å². The summed E-state index contributed by atoms with van der Waals surface area (Å²) in [6, 6.07) is 0. The Hall–Kier alpha value is -1.79. The lowest BCUT2D eigenvalue weighted by atomic mass is 9.97. The molecule has 7 heteroatoms. The summed E-state index contributed by atoms with van der Waals surface area (Å²) in [6.07, 6.45) is 1.13. The molecule has 1 aliphatic heterocycles. The molecule has 19 heavy (non-hydrogen) atoms. The van der Waals surface area contributed by atoms with Crippen LogP contribution in [0.2, 0.25) is 0 Å². The Kier molecular flexibility index (Phi) is 3.64. The Balaban J connectivity index is 1.89. The second-order valence-electron chi connectivity index (χ2n) is 5.69. The lowest BCUT2D eigenvalue weighted by Crippen LogP contribution is -2.41. The van der Waals surface area contributed by atoms with Gasteiger partial charge in [0.15, 0.2) is 0 Å². The van der Waals surface area contributed by atoms with Crippen LogP contribution in [0.15, 0.2) is 9.21 Å². The fraction of sp³-hybridized carbons (Fsp3) is 0.750. The van der Waals surface area contributed by atoms with E-state index in [1.165, 1.54) is 0 Å². The zero-order valence-electron chi connectivity index (χ0n) is 11.4. The number of nitrogens with one attached hydrogen (secondary N) is 1. The second kappa shape index (κ2) is 5.07. The van der Waals surface area contributed by atoms with Gasteiger partial charge in [-0.15, -0.1) is 5.10 Å². The van der Waals surface area contributed by atoms with Crippen molar-refractivity contribution in [1.82, 2.24) is 15.1 Å². The minimum absolute atomic E-state index is 0.0811. The third kappa shape index (κ3) is 3.59. The number of aromatic nitrogens is 2. The van der Waals surface area contributed by atoms with Crippen LogP contribution in [-0.2, 0) is 4.74 Å². The van der Waals surface area contributed by atoms with Gasteiger partial charge < -0.3 is 14.1 Å². The van der Waals surface area contributed by atoms with Gasteiger partial charge in [-0.25, -0.2) is 14.7 Å². The Morgan fingerprint density at radius 2 is 2.05 bits per heavy atom. The topological polar surface area (TPSA) is 88.4 Å². The summed E-state index contributed by atoms with van der Waals surface area (Å²) < 4.78 is 10.3. The van der Waals surface area contributed by atoms with Crippen LogP contribution in [0.3, 0.4) is 0 Å². The van der Waals surface area contributed by atoms with Gasteiger partial charge in [-0.1, -0.05) is 0 Å². The number of likely N-dealkylation sites (tertiary alicyclic amines) is 1. The van der Waals surface area contributed by atoms with Gasteiger partial charge in [-0.2, -0.15) is 0 Å². The quantitative estimate of drug-likeness (QED) is 0.834. The van der Waals surface area contributed by atoms with Crippen LogP contribution >= 0.6 is 0 Å². The second-order valence-corrected chi connectivity index (χ2v) is 5.69. The molecule has 0 radical (unpaired) electrons. The monoisotopic (exact) mass is 269 g/mol. The first-order chi connectivity index (χ1) is 8.85. The van der Waals surface area contributed by atoms with Crippen molar-refractivity contribution in [2.45, 2.75) is 45.1 Å². The first-order valence-electron chi connectivity index (χ1n) is 6.38. The molecule has 0 unspecified atom stereocenters. The van der Waals surface area contributed by atoms with Gasteiger partial charge in [0.05, 0.1) is 0 Å². The van der Waals surface area contributed by atoms with Crippen LogP contribution in [0.5, 0.6) is 0 Å². The molecule has 0 aliphatic carbocycles. The molecule has 1 fully saturated rings. The smallest absolute Gasteiger partial charge is 0.434 e. The number of carbonyl (C=O) groups is 1. The molecule has 1 N–H and O–H groups in total. The Morgan fingerprint density at radius 3 is 2.53 bits per heavy atom. The molecule has 106 valence electrons. The zero-order valence-corrected chi connectivity index (χ0v) is 11.4. The molecule has 1 aromatic rings. The summed E-state index contributed by atoms with van der Waals surface area (Å²) in [6.45, 7) is 6.69. The van der Waals surface area contributed by atoms with Gasteiger partial charge in [0, 0.05) is 19.0 Å². The molecule has 1 saturated heterocycles. The highest BCUT2D eigenvalue weighted by Crippen LogP contribution is 2.26. The Bertz CT molecular complexity index is 492. The molecule has 0 spiro atoms. The summed E-state index contributed by atoms with van der Waals surface area (Å²) >= 11 is 0. The van der Waals surface area contributed by atoms with E-state index in [2.05, 4.69) is 10.2 Å². The van der Waals surface area contributed by atoms with Gasteiger partial charge in [0.1, 0.15) is 5.60 Å². The summed E-state index contributed by atoms with van der Waals surface area (Å²) in [5.41, 5.74) is -0.483. The molecule has 0 bridgehead atoms. The average Bonchev–Trinajstić information content (AvgIpc) is 2.74. The molecule has 2 heterocycles. The standard InChI is InChI=1S/C12H19N3O4/c1-12(2,3)19-11(17)15-6-4-8(5-7-15)9-13-14-10(16)18-9/h8H,4-7H2,1-3H3,(H,14,16). The first kappa shape index (κ1) is 13.6. The molecular weight excluding hydrogens is 250 g/mol. The molecule has 0 saturated carbocycles. The maximum absolute atomic E-state index is 11.9. The fourth-order valence-corrected chi connectivity index (χ4v) is 2.05. The van der Waals surface area contributed by atoms with Gasteiger partial charge in [0.25, 0.3) is 0 Å². The number of rotatable bonds is 1. The average molecular weight is 269 g/mol. The molecule has 7 nitrogen and oxygen atoms in total. The normalized spacial score (nSPS) is 17.5. The van der Waals surface area contributed by atoms with Gasteiger partial charge in [0.2, 0.25) is 5.89 Å². The number of nitrogens with zero attached hydrogens (tertiary/aromatic N) is 2. The number of carbonyl (C=O) groups excluding carboxylic acids is 1. The number of piperidine rings is 1. The molecule has 1 aliphatic rings. The third-order valence-electron chi connectivity index (χ3n) is 2.95. The molecule has 2 rings (SSSR count). The highest BCUT2D eigenvalue weighted by atomic mass is 16.6. The Labute approximate surface area is 110 Å². The molecule has 0 aromatic carbocycles. The van der Waals surface area contributed by atoms with E-state index in [4.69, 9.17) is 9.15 Å². The van der Waals surface area contributed by atoms with Crippen LogP contribution in [0, 0.1) is 0 Å². The van der Waals surface area contributed by atoms with E-state index < -0.39 is 11.4 Å². The minimum atomic E-state index is -0.537. The zero-order chi connectivity index (χ0) is 14.0. The minimum Gasteiger partial charge on any atom is -0.444 e. The van der Waals surface area contributed by atoms with Gasteiger partial charge >= 0.3 is 11.8 Å². The van der Waals surface area contributed by atoms with E-state index in [1.54, 1.807) is 4.90 Å². The van der Waals surface area contributed by atoms with Crippen molar-refractivity contribution in [3.63, 3.8) is 0 Å². The predicted octanol–water partition coefficient (Wildman–Crippen LogP) is 1.48. The number of hydrogen-bond donors (Lipinski definition) is 1. The highest BCUT2D eigenvalue weighted by molar-refractivity contribution is 5.68. The molecular formula is C12H19N3O4. The number of H-pyrrole nitrogens is 1. The molecule has 0 atom stereocenters. The lowest BCUT2D eigenvalue weighted by Gasteiger charge is -2.32. The van der Waals surface area contributed by atoms with E-state index in [9.17, 15) is 9.59 Å². The van der Waals surface area contributed by atoms with Crippen LogP contribution in [0.1, 0.15) is 45.4 Å². The maximum atomic E-state index is 11.9. The summed E-state index contributed by atoms with van der Waals surface area (Å²) in [7, 11) is 0. The van der Waals surface area contributed by atoms with Crippen molar-refractivity contribution in [1.29, 1.82) is 0 Å². The first-order valence-corrected chi connectivity index (χ1v) is 6.38. The lowest BCUT2D eigenvalue weighted by molar-refractivity contribution is 0.0199. The van der Waals surface area contributed by atoms with Gasteiger partial charge in [-0.05, 0) is 33.6 Å².